The highest BCUT2D eigenvalue weighted by molar-refractivity contribution is 7.98. The van der Waals surface area contributed by atoms with Gasteiger partial charge in [-0.1, -0.05) is 18.3 Å². The Bertz CT molecular complexity index is 1120. The third kappa shape index (κ3) is 4.39. The van der Waals surface area contributed by atoms with Gasteiger partial charge in [0.05, 0.1) is 28.8 Å². The maximum atomic E-state index is 12.8. The van der Waals surface area contributed by atoms with Crippen LogP contribution < -0.4 is 10.6 Å². The lowest BCUT2D eigenvalue weighted by atomic mass is 9.78. The summed E-state index contributed by atoms with van der Waals surface area (Å²) in [5, 5.41) is 7.57. The number of nitrogens with one attached hydrogen (secondary N) is 2. The van der Waals surface area contributed by atoms with Crippen molar-refractivity contribution < 1.29 is 12.4 Å². The molecule has 172 valence electrons. The van der Waals surface area contributed by atoms with Crippen molar-refractivity contribution in [3.8, 4) is 0 Å². The Balaban J connectivity index is 0.00000162. The minimum atomic E-state index is 0. The Kier molecular flexibility index (Phi) is 5.92. The van der Waals surface area contributed by atoms with E-state index in [0.29, 0.717) is 11.9 Å². The highest BCUT2D eigenvalue weighted by Gasteiger charge is 2.50. The lowest BCUT2D eigenvalue weighted by Gasteiger charge is -2.54. The first-order chi connectivity index (χ1) is 15.5. The van der Waals surface area contributed by atoms with Gasteiger partial charge in [0.1, 0.15) is 0 Å². The van der Waals surface area contributed by atoms with Gasteiger partial charge in [0, 0.05) is 51.9 Å². The molecule has 1 atom stereocenters. The first-order valence-electron chi connectivity index (χ1n) is 10.6. The van der Waals surface area contributed by atoms with E-state index in [4.69, 9.17) is 4.74 Å². The fourth-order valence-electron chi connectivity index (χ4n) is 3.91. The number of thioether (sulfide) groups is 1. The van der Waals surface area contributed by atoms with Crippen molar-refractivity contribution in [2.45, 2.75) is 11.8 Å². The molecule has 0 unspecified atom stereocenters. The van der Waals surface area contributed by atoms with Gasteiger partial charge >= 0.3 is 0 Å². The lowest BCUT2D eigenvalue weighted by molar-refractivity contribution is -0.176. The smallest absolute Gasteiger partial charge is 0.253 e. The molecule has 0 aliphatic carbocycles. The van der Waals surface area contributed by atoms with E-state index in [9.17, 15) is 4.79 Å². The molecule has 1 amide bonds. The van der Waals surface area contributed by atoms with Crippen molar-refractivity contribution in [2.75, 3.05) is 56.3 Å². The monoisotopic (exact) mass is 474 g/mol. The number of aromatic nitrogens is 3. The SMILES string of the molecule is CSc1cnc(NC[C@H](C)CNc2nc3ccc(C(=O)N4CC5(COC5)C4)cc3s2)nc1.[HH].[HH]. The topological polar surface area (TPSA) is 92.3 Å². The number of carbonyl (C=O) groups excluding carboxylic acids is 1. The second-order valence-electron chi connectivity index (χ2n) is 8.67. The summed E-state index contributed by atoms with van der Waals surface area (Å²) < 4.78 is 6.32. The van der Waals surface area contributed by atoms with Gasteiger partial charge in [0.2, 0.25) is 5.95 Å². The molecule has 0 bridgehead atoms. The molecule has 2 fully saturated rings. The van der Waals surface area contributed by atoms with E-state index >= 15 is 0 Å². The molecule has 2 N–H and O–H groups in total. The number of hydrogen-bond donors (Lipinski definition) is 2. The summed E-state index contributed by atoms with van der Waals surface area (Å²) in [7, 11) is 0. The summed E-state index contributed by atoms with van der Waals surface area (Å²) in [6, 6.07) is 5.78. The van der Waals surface area contributed by atoms with Gasteiger partial charge in [-0.3, -0.25) is 4.79 Å². The van der Waals surface area contributed by atoms with Crippen molar-refractivity contribution in [3.05, 3.63) is 36.2 Å². The number of hydrogen-bond acceptors (Lipinski definition) is 9. The maximum Gasteiger partial charge on any atom is 0.253 e. The molecule has 0 radical (unpaired) electrons. The summed E-state index contributed by atoms with van der Waals surface area (Å²) in [5.41, 5.74) is 1.87. The van der Waals surface area contributed by atoms with Crippen LogP contribution in [-0.2, 0) is 4.74 Å². The molecule has 5 rings (SSSR count). The molecule has 10 heteroatoms. The largest absolute Gasteiger partial charge is 0.380 e. The van der Waals surface area contributed by atoms with Crippen molar-refractivity contribution in [3.63, 3.8) is 0 Å². The minimum absolute atomic E-state index is 0. The van der Waals surface area contributed by atoms with E-state index < -0.39 is 0 Å². The number of amides is 1. The van der Waals surface area contributed by atoms with Gasteiger partial charge in [-0.05, 0) is 30.4 Å². The average Bonchev–Trinajstić information content (AvgIpc) is 3.16. The van der Waals surface area contributed by atoms with E-state index in [1.54, 1.807) is 23.1 Å². The van der Waals surface area contributed by atoms with Gasteiger partial charge in [-0.2, -0.15) is 0 Å². The molecule has 1 aromatic carbocycles. The van der Waals surface area contributed by atoms with Gasteiger partial charge in [-0.15, -0.1) is 11.8 Å². The van der Waals surface area contributed by atoms with Crippen LogP contribution in [-0.4, -0.2) is 71.4 Å². The lowest BCUT2D eigenvalue weighted by Crippen LogP contribution is -2.67. The molecule has 8 nitrogen and oxygen atoms in total. The Hall–Kier alpha value is -2.43. The van der Waals surface area contributed by atoms with Crippen LogP contribution in [0.25, 0.3) is 10.2 Å². The molecule has 0 saturated carbocycles. The number of anilines is 2. The fraction of sp³-hybridized carbons (Fsp3) is 0.455. The standard InChI is InChI=1S/C22H26N6O2S2.2H2/c1-14(6-23-20-24-8-16(31-2)9-25-20)7-26-21-27-17-4-3-15(5-18(17)32-21)19(29)28-10-22(11-28)12-30-13-22;;/h3-5,8-9,14H,6-7,10-13H2,1-2H3,(H,26,27)(H,23,24,25);2*1H/t14-;;/m0../s1. The zero-order valence-corrected chi connectivity index (χ0v) is 19.8. The maximum absolute atomic E-state index is 12.8. The average molecular weight is 475 g/mol. The number of ether oxygens (including phenoxy) is 1. The molecule has 4 heterocycles. The first-order valence-corrected chi connectivity index (χ1v) is 12.7. The van der Waals surface area contributed by atoms with Crippen LogP contribution in [0.15, 0.2) is 35.5 Å². The zero-order valence-electron chi connectivity index (χ0n) is 18.1. The van der Waals surface area contributed by atoms with Crippen LogP contribution in [0.1, 0.15) is 20.1 Å². The molecule has 2 aliphatic rings. The van der Waals surface area contributed by atoms with Crippen LogP contribution in [0.2, 0.25) is 0 Å². The summed E-state index contributed by atoms with van der Waals surface area (Å²) >= 11 is 3.21. The summed E-state index contributed by atoms with van der Waals surface area (Å²) in [6.07, 6.45) is 5.65. The van der Waals surface area contributed by atoms with E-state index in [1.807, 2.05) is 41.7 Å². The number of likely N-dealkylation sites (tertiary alicyclic amines) is 1. The Morgan fingerprint density at radius 3 is 2.72 bits per heavy atom. The fourth-order valence-corrected chi connectivity index (χ4v) is 5.14. The predicted molar refractivity (Wildman–Crippen MR) is 133 cm³/mol. The number of rotatable bonds is 8. The predicted octanol–water partition coefficient (Wildman–Crippen LogP) is 3.93. The van der Waals surface area contributed by atoms with E-state index in [2.05, 4.69) is 32.5 Å². The van der Waals surface area contributed by atoms with Crippen LogP contribution in [0, 0.1) is 11.3 Å². The second kappa shape index (κ2) is 8.84. The van der Waals surface area contributed by atoms with E-state index in [-0.39, 0.29) is 14.2 Å². The van der Waals surface area contributed by atoms with Crippen molar-refractivity contribution in [1.29, 1.82) is 0 Å². The molecule has 2 aliphatic heterocycles. The van der Waals surface area contributed by atoms with Crippen LogP contribution in [0.3, 0.4) is 0 Å². The molecule has 3 aromatic rings. The summed E-state index contributed by atoms with van der Waals surface area (Å²) in [4.78, 5) is 29.0. The van der Waals surface area contributed by atoms with Gasteiger partial charge in [0.15, 0.2) is 5.13 Å². The van der Waals surface area contributed by atoms with Crippen LogP contribution in [0.5, 0.6) is 0 Å². The molecular weight excluding hydrogens is 444 g/mol. The number of benzene rings is 1. The Morgan fingerprint density at radius 2 is 2.03 bits per heavy atom. The number of thiazole rings is 1. The molecule has 2 aromatic heterocycles. The Morgan fingerprint density at radius 1 is 1.28 bits per heavy atom. The van der Waals surface area contributed by atoms with E-state index in [1.165, 1.54) is 0 Å². The van der Waals surface area contributed by atoms with Crippen molar-refractivity contribution in [1.82, 2.24) is 19.9 Å². The molecule has 1 spiro atoms. The highest BCUT2D eigenvalue weighted by Crippen LogP contribution is 2.38. The molecule has 2 saturated heterocycles. The quantitative estimate of drug-likeness (QED) is 0.475. The Labute approximate surface area is 198 Å². The number of carbonyl (C=O) groups is 1. The summed E-state index contributed by atoms with van der Waals surface area (Å²) in [6.45, 7) is 6.87. The third-order valence-corrected chi connectivity index (χ3v) is 7.52. The highest BCUT2D eigenvalue weighted by atomic mass is 32.2. The zero-order chi connectivity index (χ0) is 22.1. The minimum Gasteiger partial charge on any atom is -0.380 e. The van der Waals surface area contributed by atoms with Gasteiger partial charge in [-0.25, -0.2) is 15.0 Å². The third-order valence-electron chi connectivity index (χ3n) is 5.87. The van der Waals surface area contributed by atoms with Crippen molar-refractivity contribution >= 4 is 50.3 Å². The first kappa shape index (κ1) is 21.4. The van der Waals surface area contributed by atoms with Gasteiger partial charge in [0.25, 0.3) is 5.91 Å². The molecule has 32 heavy (non-hydrogen) atoms. The normalized spacial score (nSPS) is 17.6. The van der Waals surface area contributed by atoms with Crippen molar-refractivity contribution in [2.24, 2.45) is 11.3 Å². The van der Waals surface area contributed by atoms with Crippen LogP contribution >= 0.6 is 23.1 Å². The van der Waals surface area contributed by atoms with E-state index in [0.717, 1.165) is 65.2 Å². The van der Waals surface area contributed by atoms with Gasteiger partial charge < -0.3 is 20.3 Å². The van der Waals surface area contributed by atoms with Crippen LogP contribution in [0.4, 0.5) is 11.1 Å². The second-order valence-corrected chi connectivity index (χ2v) is 10.6. The summed E-state index contributed by atoms with van der Waals surface area (Å²) in [5.74, 6) is 1.10. The number of fused-ring (bicyclic) bond motifs is 1. The molecular formula is C22H30N6O2S2. The number of nitrogens with zero attached hydrogens (tertiary/aromatic N) is 4.